The Labute approximate surface area is 131 Å². The average Bonchev–Trinajstić information content (AvgIpc) is 2.86. The van der Waals surface area contributed by atoms with E-state index in [9.17, 15) is 4.79 Å². The molecule has 0 saturated carbocycles. The summed E-state index contributed by atoms with van der Waals surface area (Å²) in [5.41, 5.74) is 1.12. The van der Waals surface area contributed by atoms with Crippen molar-refractivity contribution in [1.82, 2.24) is 10.2 Å². The number of rotatable bonds is 8. The second-order valence-corrected chi connectivity index (χ2v) is 6.06. The van der Waals surface area contributed by atoms with Gasteiger partial charge in [0.15, 0.2) is 0 Å². The molecule has 1 amide bonds. The van der Waals surface area contributed by atoms with Crippen molar-refractivity contribution in [2.75, 3.05) is 31.7 Å². The first-order valence-corrected chi connectivity index (χ1v) is 8.90. The van der Waals surface area contributed by atoms with E-state index < -0.39 is 0 Å². The number of benzene rings is 1. The lowest BCUT2D eigenvalue weighted by molar-refractivity contribution is -0.128. The third-order valence-electron chi connectivity index (χ3n) is 3.58. The zero-order valence-electron chi connectivity index (χ0n) is 12.8. The molecule has 2 rings (SSSR count). The Hall–Kier alpha value is -1.20. The fourth-order valence-electron chi connectivity index (χ4n) is 2.53. The molecule has 0 radical (unpaired) electrons. The number of carbonyl (C=O) groups is 1. The summed E-state index contributed by atoms with van der Waals surface area (Å²) in [5, 5.41) is 3.30. The van der Waals surface area contributed by atoms with Gasteiger partial charge < -0.3 is 9.64 Å². The van der Waals surface area contributed by atoms with Gasteiger partial charge in [0.25, 0.3) is 0 Å². The Balaban J connectivity index is 1.97. The van der Waals surface area contributed by atoms with E-state index in [0.717, 1.165) is 36.5 Å². The lowest BCUT2D eigenvalue weighted by Crippen LogP contribution is -2.31. The standard InChI is InChI=1S/C16H24N2O2S/c1-3-20-14-8-6-13(7-9-14)16-17-12-15(19)18(16)10-4-5-11-21-2/h6-9,16-17H,3-5,10-12H2,1-2H3. The van der Waals surface area contributed by atoms with Crippen LogP contribution in [0.2, 0.25) is 0 Å². The highest BCUT2D eigenvalue weighted by Gasteiger charge is 2.30. The van der Waals surface area contributed by atoms with Gasteiger partial charge in [-0.2, -0.15) is 11.8 Å². The maximum atomic E-state index is 12.0. The summed E-state index contributed by atoms with van der Waals surface area (Å²) in [4.78, 5) is 14.0. The van der Waals surface area contributed by atoms with Gasteiger partial charge in [-0.25, -0.2) is 0 Å². The van der Waals surface area contributed by atoms with Crippen molar-refractivity contribution in [2.45, 2.75) is 25.9 Å². The third kappa shape index (κ3) is 4.38. The molecule has 0 spiro atoms. The Morgan fingerprint density at radius 1 is 1.33 bits per heavy atom. The summed E-state index contributed by atoms with van der Waals surface area (Å²) in [5.74, 6) is 2.22. The first kappa shape index (κ1) is 16.2. The molecule has 1 unspecified atom stereocenters. The largest absolute Gasteiger partial charge is 0.494 e. The minimum atomic E-state index is 0.00227. The highest BCUT2D eigenvalue weighted by molar-refractivity contribution is 7.98. The number of carbonyl (C=O) groups excluding carboxylic acids is 1. The Morgan fingerprint density at radius 2 is 2.10 bits per heavy atom. The minimum Gasteiger partial charge on any atom is -0.494 e. The lowest BCUT2D eigenvalue weighted by Gasteiger charge is -2.24. The summed E-state index contributed by atoms with van der Waals surface area (Å²) < 4.78 is 5.46. The maximum absolute atomic E-state index is 12.0. The second kappa shape index (κ2) is 8.29. The van der Waals surface area contributed by atoms with E-state index in [-0.39, 0.29) is 12.1 Å². The normalized spacial score (nSPS) is 18.3. The zero-order chi connectivity index (χ0) is 15.1. The number of unbranched alkanes of at least 4 members (excludes halogenated alkanes) is 1. The van der Waals surface area contributed by atoms with Crippen LogP contribution in [0.3, 0.4) is 0 Å². The number of ether oxygens (including phenoxy) is 1. The van der Waals surface area contributed by atoms with Crippen LogP contribution in [0.5, 0.6) is 5.75 Å². The summed E-state index contributed by atoms with van der Waals surface area (Å²) >= 11 is 1.86. The molecule has 1 aromatic carbocycles. The monoisotopic (exact) mass is 308 g/mol. The molecule has 116 valence electrons. The Bertz CT molecular complexity index is 450. The molecule has 0 aromatic heterocycles. The van der Waals surface area contributed by atoms with Crippen molar-refractivity contribution >= 4 is 17.7 Å². The topological polar surface area (TPSA) is 41.6 Å². The second-order valence-electron chi connectivity index (χ2n) is 5.07. The molecule has 1 heterocycles. The average molecular weight is 308 g/mol. The fraction of sp³-hybridized carbons (Fsp3) is 0.562. The Kier molecular flexibility index (Phi) is 6.39. The number of hydrogen-bond donors (Lipinski definition) is 1. The van der Waals surface area contributed by atoms with Crippen LogP contribution in [0.1, 0.15) is 31.5 Å². The van der Waals surface area contributed by atoms with Gasteiger partial charge >= 0.3 is 0 Å². The van der Waals surface area contributed by atoms with Gasteiger partial charge in [0.1, 0.15) is 11.9 Å². The smallest absolute Gasteiger partial charge is 0.238 e. The van der Waals surface area contributed by atoms with Gasteiger partial charge in [-0.3, -0.25) is 10.1 Å². The van der Waals surface area contributed by atoms with Gasteiger partial charge in [0.2, 0.25) is 5.91 Å². The van der Waals surface area contributed by atoms with Gasteiger partial charge in [-0.05, 0) is 49.5 Å². The van der Waals surface area contributed by atoms with E-state index in [2.05, 4.69) is 11.6 Å². The van der Waals surface area contributed by atoms with E-state index in [1.165, 1.54) is 0 Å². The van der Waals surface area contributed by atoms with Crippen molar-refractivity contribution in [2.24, 2.45) is 0 Å². The van der Waals surface area contributed by atoms with Crippen LogP contribution in [-0.4, -0.2) is 42.5 Å². The number of nitrogens with one attached hydrogen (secondary N) is 1. The molecule has 1 saturated heterocycles. The van der Waals surface area contributed by atoms with Gasteiger partial charge in [0.05, 0.1) is 13.2 Å². The van der Waals surface area contributed by atoms with E-state index >= 15 is 0 Å². The summed E-state index contributed by atoms with van der Waals surface area (Å²) in [6, 6.07) is 8.01. The third-order valence-corrected chi connectivity index (χ3v) is 4.28. The molecule has 1 N–H and O–H groups in total. The van der Waals surface area contributed by atoms with E-state index in [4.69, 9.17) is 4.74 Å². The zero-order valence-corrected chi connectivity index (χ0v) is 13.6. The van der Waals surface area contributed by atoms with Crippen LogP contribution in [0.25, 0.3) is 0 Å². The number of nitrogens with zero attached hydrogens (tertiary/aromatic N) is 1. The quantitative estimate of drug-likeness (QED) is 0.750. The van der Waals surface area contributed by atoms with Crippen molar-refractivity contribution in [1.29, 1.82) is 0 Å². The molecule has 1 aliphatic rings. The number of amides is 1. The highest BCUT2D eigenvalue weighted by Crippen LogP contribution is 2.25. The van der Waals surface area contributed by atoms with E-state index in [1.54, 1.807) is 0 Å². The molecule has 0 aliphatic carbocycles. The van der Waals surface area contributed by atoms with Gasteiger partial charge in [0, 0.05) is 6.54 Å². The van der Waals surface area contributed by atoms with Crippen molar-refractivity contribution in [3.8, 4) is 5.75 Å². The van der Waals surface area contributed by atoms with Crippen LogP contribution in [0.15, 0.2) is 24.3 Å². The summed E-state index contributed by atoms with van der Waals surface area (Å²) in [7, 11) is 0. The molecule has 1 aliphatic heterocycles. The molecule has 1 fully saturated rings. The predicted octanol–water partition coefficient (Wildman–Crippen LogP) is 2.66. The molecular formula is C16H24N2O2S. The van der Waals surface area contributed by atoms with Crippen LogP contribution in [0, 0.1) is 0 Å². The van der Waals surface area contributed by atoms with Crippen LogP contribution >= 0.6 is 11.8 Å². The first-order valence-electron chi connectivity index (χ1n) is 7.50. The summed E-state index contributed by atoms with van der Waals surface area (Å²) in [6.45, 7) is 3.90. The maximum Gasteiger partial charge on any atom is 0.238 e. The molecule has 4 nitrogen and oxygen atoms in total. The van der Waals surface area contributed by atoms with Gasteiger partial charge in [-0.15, -0.1) is 0 Å². The van der Waals surface area contributed by atoms with Crippen LogP contribution in [-0.2, 0) is 4.79 Å². The molecule has 5 heteroatoms. The molecule has 21 heavy (non-hydrogen) atoms. The SMILES string of the molecule is CCOc1ccc(C2NCC(=O)N2CCCCSC)cc1. The molecule has 0 bridgehead atoms. The predicted molar refractivity (Wildman–Crippen MR) is 87.7 cm³/mol. The first-order chi connectivity index (χ1) is 10.3. The summed E-state index contributed by atoms with van der Waals surface area (Å²) in [6.07, 6.45) is 4.33. The molecule has 1 atom stereocenters. The molecular weight excluding hydrogens is 284 g/mol. The van der Waals surface area contributed by atoms with Crippen LogP contribution in [0.4, 0.5) is 0 Å². The fourth-order valence-corrected chi connectivity index (χ4v) is 3.03. The highest BCUT2D eigenvalue weighted by atomic mass is 32.2. The van der Waals surface area contributed by atoms with Crippen LogP contribution < -0.4 is 10.1 Å². The minimum absolute atomic E-state index is 0.00227. The number of hydrogen-bond acceptors (Lipinski definition) is 4. The van der Waals surface area contributed by atoms with Crippen molar-refractivity contribution < 1.29 is 9.53 Å². The van der Waals surface area contributed by atoms with Gasteiger partial charge in [-0.1, -0.05) is 12.1 Å². The van der Waals surface area contributed by atoms with Crippen molar-refractivity contribution in [3.05, 3.63) is 29.8 Å². The molecule has 1 aromatic rings. The Morgan fingerprint density at radius 3 is 2.76 bits per heavy atom. The van der Waals surface area contributed by atoms with E-state index in [1.807, 2.05) is 47.9 Å². The van der Waals surface area contributed by atoms with Crippen molar-refractivity contribution in [3.63, 3.8) is 0 Å². The number of thioether (sulfide) groups is 1. The van der Waals surface area contributed by atoms with E-state index in [0.29, 0.717) is 13.2 Å². The lowest BCUT2D eigenvalue weighted by atomic mass is 10.1.